The van der Waals surface area contributed by atoms with Crippen molar-refractivity contribution in [2.24, 2.45) is 5.92 Å². The first-order valence-corrected chi connectivity index (χ1v) is 9.62. The zero-order valence-electron chi connectivity index (χ0n) is 15.1. The summed E-state index contributed by atoms with van der Waals surface area (Å²) in [5.41, 5.74) is 1.40. The summed E-state index contributed by atoms with van der Waals surface area (Å²) in [4.78, 5) is 5.38. The van der Waals surface area contributed by atoms with E-state index in [2.05, 4.69) is 28.0 Å². The maximum absolute atomic E-state index is 8.91. The fourth-order valence-electron chi connectivity index (χ4n) is 5.31. The van der Waals surface area contributed by atoms with Gasteiger partial charge in [-0.1, -0.05) is 12.1 Å². The highest BCUT2D eigenvalue weighted by Crippen LogP contribution is 2.46. The molecule has 0 spiro atoms. The number of piperidine rings is 3. The highest BCUT2D eigenvalue weighted by molar-refractivity contribution is 5.34. The Kier molecular flexibility index (Phi) is 5.27. The van der Waals surface area contributed by atoms with E-state index in [0.717, 1.165) is 24.8 Å². The number of fused-ring (bicyclic) bond motifs is 2. The first-order valence-electron chi connectivity index (χ1n) is 9.62. The number of aliphatic hydroxyl groups is 1. The molecule has 0 unspecified atom stereocenters. The number of nitrogens with zero attached hydrogens (tertiary/aromatic N) is 2. The highest BCUT2D eigenvalue weighted by atomic mass is 16.5. The fraction of sp³-hybridized carbons (Fsp3) is 0.700. The van der Waals surface area contributed by atoms with Crippen molar-refractivity contribution in [1.29, 1.82) is 0 Å². The predicted octanol–water partition coefficient (Wildman–Crippen LogP) is 1.57. The summed E-state index contributed by atoms with van der Waals surface area (Å²) < 4.78 is 11.0. The second kappa shape index (κ2) is 7.62. The average molecular weight is 346 g/mol. The number of aliphatic hydroxyl groups excluding tert-OH is 1. The molecule has 25 heavy (non-hydrogen) atoms. The monoisotopic (exact) mass is 346 g/mol. The molecule has 138 valence electrons. The van der Waals surface area contributed by atoms with Crippen molar-refractivity contribution in [3.05, 3.63) is 29.8 Å². The van der Waals surface area contributed by atoms with Gasteiger partial charge in [-0.05, 0) is 49.5 Å². The van der Waals surface area contributed by atoms with Gasteiger partial charge in [0.15, 0.2) is 0 Å². The lowest BCUT2D eigenvalue weighted by Crippen LogP contribution is -2.60. The molecule has 4 saturated heterocycles. The van der Waals surface area contributed by atoms with Gasteiger partial charge < -0.3 is 14.6 Å². The van der Waals surface area contributed by atoms with Crippen molar-refractivity contribution in [1.82, 2.24) is 9.80 Å². The van der Waals surface area contributed by atoms with E-state index < -0.39 is 0 Å². The van der Waals surface area contributed by atoms with Crippen LogP contribution in [0.15, 0.2) is 24.3 Å². The third-order valence-electron chi connectivity index (χ3n) is 6.37. The normalized spacial score (nSPS) is 34.2. The van der Waals surface area contributed by atoms with E-state index in [0.29, 0.717) is 31.2 Å². The van der Waals surface area contributed by atoms with E-state index in [1.54, 1.807) is 7.11 Å². The van der Waals surface area contributed by atoms with E-state index in [1.807, 2.05) is 6.07 Å². The van der Waals surface area contributed by atoms with Gasteiger partial charge >= 0.3 is 0 Å². The van der Waals surface area contributed by atoms with Crippen LogP contribution in [0.5, 0.6) is 5.75 Å². The molecule has 5 rings (SSSR count). The molecule has 4 aliphatic rings. The van der Waals surface area contributed by atoms with Crippen molar-refractivity contribution in [3.63, 3.8) is 0 Å². The Morgan fingerprint density at radius 1 is 1.16 bits per heavy atom. The van der Waals surface area contributed by atoms with E-state index >= 15 is 0 Å². The molecular formula is C20H30N2O3. The van der Waals surface area contributed by atoms with Gasteiger partial charge in [0, 0.05) is 31.1 Å². The Labute approximate surface area is 150 Å². The van der Waals surface area contributed by atoms with Gasteiger partial charge in [0.25, 0.3) is 0 Å². The molecule has 1 aromatic carbocycles. The number of methoxy groups -OCH3 is 1. The average Bonchev–Trinajstić information content (AvgIpc) is 3.08. The highest BCUT2D eigenvalue weighted by Gasteiger charge is 2.52. The summed E-state index contributed by atoms with van der Waals surface area (Å²) in [7, 11) is 1.74. The van der Waals surface area contributed by atoms with Crippen molar-refractivity contribution in [2.75, 3.05) is 53.1 Å². The van der Waals surface area contributed by atoms with Crippen LogP contribution in [0.3, 0.4) is 0 Å². The minimum atomic E-state index is 0.106. The lowest BCUT2D eigenvalue weighted by molar-refractivity contribution is -0.0153. The second-order valence-electron chi connectivity index (χ2n) is 7.57. The maximum atomic E-state index is 8.91. The van der Waals surface area contributed by atoms with E-state index in [4.69, 9.17) is 14.6 Å². The van der Waals surface area contributed by atoms with Crippen LogP contribution in [0, 0.1) is 5.92 Å². The van der Waals surface area contributed by atoms with Crippen molar-refractivity contribution >= 4 is 0 Å². The van der Waals surface area contributed by atoms with Crippen molar-refractivity contribution < 1.29 is 14.6 Å². The summed E-state index contributed by atoms with van der Waals surface area (Å²) >= 11 is 0. The third-order valence-corrected chi connectivity index (χ3v) is 6.37. The summed E-state index contributed by atoms with van der Waals surface area (Å²) in [5, 5.41) is 8.91. The third kappa shape index (κ3) is 3.31. The Balaban J connectivity index is 1.55. The molecular weight excluding hydrogens is 316 g/mol. The Bertz CT molecular complexity index is 574. The summed E-state index contributed by atoms with van der Waals surface area (Å²) in [6.07, 6.45) is 2.67. The quantitative estimate of drug-likeness (QED) is 0.759. The summed E-state index contributed by atoms with van der Waals surface area (Å²) in [6.45, 7) is 5.82. The molecule has 4 heterocycles. The maximum Gasteiger partial charge on any atom is 0.119 e. The van der Waals surface area contributed by atoms with Crippen LogP contribution in [0.1, 0.15) is 24.3 Å². The number of likely N-dealkylation sites (tertiary alicyclic amines) is 1. The summed E-state index contributed by atoms with van der Waals surface area (Å²) in [6, 6.07) is 9.90. The van der Waals surface area contributed by atoms with Crippen LogP contribution >= 0.6 is 0 Å². The molecule has 0 aliphatic carbocycles. The van der Waals surface area contributed by atoms with Crippen LogP contribution < -0.4 is 4.74 Å². The zero-order valence-corrected chi connectivity index (χ0v) is 15.1. The van der Waals surface area contributed by atoms with Crippen LogP contribution in [0.4, 0.5) is 0 Å². The molecule has 5 heteroatoms. The van der Waals surface area contributed by atoms with E-state index in [9.17, 15) is 0 Å². The number of ether oxygens (including phenoxy) is 2. The molecule has 0 amide bonds. The van der Waals surface area contributed by atoms with Gasteiger partial charge in [-0.15, -0.1) is 0 Å². The molecule has 0 aromatic heterocycles. The second-order valence-corrected chi connectivity index (χ2v) is 7.57. The van der Waals surface area contributed by atoms with Crippen molar-refractivity contribution in [2.45, 2.75) is 30.8 Å². The first kappa shape index (κ1) is 17.3. The first-order chi connectivity index (χ1) is 12.3. The zero-order chi connectivity index (χ0) is 17.2. The lowest BCUT2D eigenvalue weighted by atomic mass is 9.75. The van der Waals surface area contributed by atoms with Gasteiger partial charge in [0.05, 0.1) is 26.9 Å². The molecule has 4 fully saturated rings. The molecule has 5 nitrogen and oxygen atoms in total. The molecule has 1 aromatic rings. The molecule has 4 aliphatic heterocycles. The van der Waals surface area contributed by atoms with Gasteiger partial charge in [0.1, 0.15) is 5.75 Å². The molecule has 2 bridgehead atoms. The number of hydrogen-bond acceptors (Lipinski definition) is 5. The standard InChI is InChI=1S/C20H30N2O3/c1-24-17-4-2-3-16(13-17)18-14-22(9-11-25-12-10-23)19-15-5-7-21(8-6-15)20(18)19/h2-4,13,15,18-20,23H,5-12,14H2,1H3/t18-,19-,20-/m0/s1. The largest absolute Gasteiger partial charge is 0.497 e. The van der Waals surface area contributed by atoms with E-state index in [-0.39, 0.29) is 6.61 Å². The van der Waals surface area contributed by atoms with Crippen LogP contribution in [-0.4, -0.2) is 80.1 Å². The minimum absolute atomic E-state index is 0.106. The molecule has 1 N–H and O–H groups in total. The molecule has 3 atom stereocenters. The SMILES string of the molecule is COc1cccc([C@@H]2CN(CCOCCO)[C@H]3C4CCN(CC4)[C@@H]23)c1. The Morgan fingerprint density at radius 2 is 2.00 bits per heavy atom. The predicted molar refractivity (Wildman–Crippen MR) is 97.1 cm³/mol. The summed E-state index contributed by atoms with van der Waals surface area (Å²) in [5.74, 6) is 2.32. The van der Waals surface area contributed by atoms with Gasteiger partial charge in [0.2, 0.25) is 0 Å². The van der Waals surface area contributed by atoms with E-state index in [1.165, 1.54) is 31.5 Å². The topological polar surface area (TPSA) is 45.2 Å². The van der Waals surface area contributed by atoms with Crippen LogP contribution in [0.2, 0.25) is 0 Å². The number of benzene rings is 1. The molecule has 0 radical (unpaired) electrons. The van der Waals surface area contributed by atoms with Crippen molar-refractivity contribution in [3.8, 4) is 5.75 Å². The molecule has 0 saturated carbocycles. The number of rotatable bonds is 7. The smallest absolute Gasteiger partial charge is 0.119 e. The lowest BCUT2D eigenvalue weighted by Gasteiger charge is -2.51. The van der Waals surface area contributed by atoms with Crippen LogP contribution in [0.25, 0.3) is 0 Å². The van der Waals surface area contributed by atoms with Gasteiger partial charge in [-0.3, -0.25) is 9.80 Å². The van der Waals surface area contributed by atoms with Gasteiger partial charge in [-0.2, -0.15) is 0 Å². The van der Waals surface area contributed by atoms with Gasteiger partial charge in [-0.25, -0.2) is 0 Å². The Morgan fingerprint density at radius 3 is 2.76 bits per heavy atom. The number of hydrogen-bond donors (Lipinski definition) is 1. The Hall–Kier alpha value is -1.14. The minimum Gasteiger partial charge on any atom is -0.497 e. The van der Waals surface area contributed by atoms with Crippen LogP contribution in [-0.2, 0) is 4.74 Å². The fourth-order valence-corrected chi connectivity index (χ4v) is 5.31.